The summed E-state index contributed by atoms with van der Waals surface area (Å²) in [4.78, 5) is 72.5. The van der Waals surface area contributed by atoms with Gasteiger partial charge in [-0.3, -0.25) is 37.3 Å². The summed E-state index contributed by atoms with van der Waals surface area (Å²) < 4.78 is 68.2. The van der Waals surface area contributed by atoms with Crippen LogP contribution in [0.1, 0.15) is 344 Å². The molecular formula is C70H136O17P2. The van der Waals surface area contributed by atoms with Crippen LogP contribution in [0.5, 0.6) is 0 Å². The molecule has 0 aliphatic rings. The lowest BCUT2D eigenvalue weighted by Gasteiger charge is -2.21. The predicted molar refractivity (Wildman–Crippen MR) is 358 cm³/mol. The molecular weight excluding hydrogens is 1170 g/mol. The standard InChI is InChI=1S/C70H136O17P2/c1-60(2)46-38-30-22-15-13-11-9-10-12-14-16-27-36-44-52-69(74)86-66(57-81-68(73)51-43-35-29-21-25-33-41-49-63(7)8)59-85-89(78,79)83-55-64(71)54-82-88(76,77)84-58-65(87-70(75)53-45-37-28-20-18-24-32-40-48-62(5)6)56-80-67(72)50-42-34-26-19-17-23-31-39-47-61(3)4/h60-66,71H,9-59H2,1-8H3,(H,76,77)(H,78,79)/t64?,65-,66-/m1/s1. The molecule has 0 fully saturated rings. The van der Waals surface area contributed by atoms with Crippen molar-refractivity contribution < 1.29 is 80.2 Å². The van der Waals surface area contributed by atoms with E-state index in [1.807, 2.05) is 0 Å². The molecule has 19 heteroatoms. The molecule has 0 radical (unpaired) electrons. The molecule has 3 unspecified atom stereocenters. The van der Waals surface area contributed by atoms with E-state index in [4.69, 9.17) is 37.0 Å². The zero-order valence-electron chi connectivity index (χ0n) is 58.1. The first kappa shape index (κ1) is 87.1. The Morgan fingerprint density at radius 3 is 0.697 bits per heavy atom. The Morgan fingerprint density at radius 2 is 0.472 bits per heavy atom. The van der Waals surface area contributed by atoms with Crippen LogP contribution in [0.4, 0.5) is 0 Å². The van der Waals surface area contributed by atoms with E-state index in [0.29, 0.717) is 31.6 Å². The highest BCUT2D eigenvalue weighted by atomic mass is 31.2. The molecule has 0 rings (SSSR count). The van der Waals surface area contributed by atoms with E-state index in [1.165, 1.54) is 141 Å². The number of ether oxygens (including phenoxy) is 4. The van der Waals surface area contributed by atoms with Gasteiger partial charge >= 0.3 is 39.5 Å². The molecule has 0 heterocycles. The van der Waals surface area contributed by atoms with E-state index in [0.717, 1.165) is 114 Å². The Hall–Kier alpha value is -1.94. The summed E-state index contributed by atoms with van der Waals surface area (Å²) in [6.07, 6.45) is 41.9. The molecule has 3 N–H and O–H groups in total. The minimum Gasteiger partial charge on any atom is -0.462 e. The fourth-order valence-corrected chi connectivity index (χ4v) is 12.1. The fourth-order valence-electron chi connectivity index (χ4n) is 10.5. The van der Waals surface area contributed by atoms with Crippen LogP contribution in [0.3, 0.4) is 0 Å². The third-order valence-electron chi connectivity index (χ3n) is 16.1. The minimum absolute atomic E-state index is 0.103. The number of esters is 4. The van der Waals surface area contributed by atoms with Crippen molar-refractivity contribution in [3.8, 4) is 0 Å². The van der Waals surface area contributed by atoms with Crippen molar-refractivity contribution in [2.45, 2.75) is 363 Å². The molecule has 0 saturated heterocycles. The van der Waals surface area contributed by atoms with Gasteiger partial charge in [0.05, 0.1) is 26.4 Å². The van der Waals surface area contributed by atoms with E-state index in [2.05, 4.69) is 55.4 Å². The molecule has 0 bridgehead atoms. The van der Waals surface area contributed by atoms with Crippen molar-refractivity contribution in [1.29, 1.82) is 0 Å². The molecule has 5 atom stereocenters. The summed E-state index contributed by atoms with van der Waals surface area (Å²) in [5.41, 5.74) is 0. The summed E-state index contributed by atoms with van der Waals surface area (Å²) in [7, 11) is -9.90. The highest BCUT2D eigenvalue weighted by Crippen LogP contribution is 2.45. The van der Waals surface area contributed by atoms with E-state index in [-0.39, 0.29) is 25.7 Å². The lowest BCUT2D eigenvalue weighted by molar-refractivity contribution is -0.161. The zero-order chi connectivity index (χ0) is 66.1. The minimum atomic E-state index is -4.95. The number of phosphoric acid groups is 2. The van der Waals surface area contributed by atoms with Gasteiger partial charge in [-0.15, -0.1) is 0 Å². The SMILES string of the molecule is CC(C)CCCCCCCCCCCCCCCCC(=O)O[C@H](COC(=O)CCCCCCCCCC(C)C)COP(=O)(O)OCC(O)COP(=O)(O)OC[C@@H](COC(=O)CCCCCCCCCCC(C)C)OC(=O)CCCCCCCCCCC(C)C. The Balaban J connectivity index is 5.23. The van der Waals surface area contributed by atoms with Gasteiger partial charge in [0.15, 0.2) is 12.2 Å². The third kappa shape index (κ3) is 64.6. The summed E-state index contributed by atoms with van der Waals surface area (Å²) >= 11 is 0. The van der Waals surface area contributed by atoms with Crippen LogP contribution in [-0.2, 0) is 65.4 Å². The smallest absolute Gasteiger partial charge is 0.462 e. The number of rotatable bonds is 67. The Morgan fingerprint density at radius 1 is 0.281 bits per heavy atom. The summed E-state index contributed by atoms with van der Waals surface area (Å²) in [5.74, 6) is 0.813. The highest BCUT2D eigenvalue weighted by Gasteiger charge is 2.30. The Labute approximate surface area is 543 Å². The lowest BCUT2D eigenvalue weighted by Crippen LogP contribution is -2.30. The highest BCUT2D eigenvalue weighted by molar-refractivity contribution is 7.47. The molecule has 0 aliphatic heterocycles. The molecule has 0 aliphatic carbocycles. The van der Waals surface area contributed by atoms with Crippen molar-refractivity contribution in [2.24, 2.45) is 23.7 Å². The number of phosphoric ester groups is 2. The second-order valence-electron chi connectivity index (χ2n) is 27.2. The first-order valence-electron chi connectivity index (χ1n) is 36.2. The van der Waals surface area contributed by atoms with Gasteiger partial charge in [0.25, 0.3) is 0 Å². The molecule has 0 amide bonds. The van der Waals surface area contributed by atoms with Crippen LogP contribution >= 0.6 is 15.6 Å². The van der Waals surface area contributed by atoms with E-state index < -0.39 is 97.5 Å². The van der Waals surface area contributed by atoms with Crippen LogP contribution in [-0.4, -0.2) is 96.7 Å². The predicted octanol–water partition coefficient (Wildman–Crippen LogP) is 19.7. The summed E-state index contributed by atoms with van der Waals surface area (Å²) in [6, 6.07) is 0. The maximum absolute atomic E-state index is 13.0. The van der Waals surface area contributed by atoms with Crippen LogP contribution in [0.15, 0.2) is 0 Å². The Bertz CT molecular complexity index is 1760. The average Bonchev–Trinajstić information content (AvgIpc) is 3.54. The number of hydrogen-bond donors (Lipinski definition) is 3. The van der Waals surface area contributed by atoms with Gasteiger partial charge in [-0.05, 0) is 49.4 Å². The summed E-state index contributed by atoms with van der Waals surface area (Å²) in [5, 5.41) is 10.6. The average molecular weight is 1310 g/mol. The topological polar surface area (TPSA) is 237 Å². The number of carbonyl (C=O) groups is 4. The Kier molecular flexibility index (Phi) is 58.5. The molecule has 0 aromatic carbocycles. The molecule has 17 nitrogen and oxygen atoms in total. The van der Waals surface area contributed by atoms with Gasteiger partial charge in [0.1, 0.15) is 19.3 Å². The van der Waals surface area contributed by atoms with Crippen LogP contribution in [0, 0.1) is 23.7 Å². The fraction of sp³-hybridized carbons (Fsp3) is 0.943. The van der Waals surface area contributed by atoms with Crippen molar-refractivity contribution in [3.63, 3.8) is 0 Å². The van der Waals surface area contributed by atoms with Gasteiger partial charge in [-0.25, -0.2) is 9.13 Å². The van der Waals surface area contributed by atoms with Crippen LogP contribution in [0.2, 0.25) is 0 Å². The molecule has 0 aromatic heterocycles. The maximum atomic E-state index is 13.0. The number of unbranched alkanes of at least 4 members (excludes halogenated alkanes) is 33. The van der Waals surface area contributed by atoms with E-state index >= 15 is 0 Å². The maximum Gasteiger partial charge on any atom is 0.472 e. The zero-order valence-corrected chi connectivity index (χ0v) is 59.8. The van der Waals surface area contributed by atoms with E-state index in [9.17, 15) is 43.2 Å². The molecule has 0 aromatic rings. The van der Waals surface area contributed by atoms with Gasteiger partial charge in [-0.2, -0.15) is 0 Å². The number of aliphatic hydroxyl groups excluding tert-OH is 1. The summed E-state index contributed by atoms with van der Waals surface area (Å²) in [6.45, 7) is 14.0. The first-order chi connectivity index (χ1) is 42.6. The van der Waals surface area contributed by atoms with Gasteiger partial charge in [0, 0.05) is 25.7 Å². The number of hydrogen-bond acceptors (Lipinski definition) is 15. The molecule has 0 spiro atoms. The molecule has 528 valence electrons. The monoisotopic (exact) mass is 1310 g/mol. The molecule has 89 heavy (non-hydrogen) atoms. The number of carbonyl (C=O) groups excluding carboxylic acids is 4. The van der Waals surface area contributed by atoms with Crippen molar-refractivity contribution in [1.82, 2.24) is 0 Å². The van der Waals surface area contributed by atoms with Gasteiger partial charge in [-0.1, -0.05) is 293 Å². The lowest BCUT2D eigenvalue weighted by atomic mass is 10.0. The largest absolute Gasteiger partial charge is 0.472 e. The van der Waals surface area contributed by atoms with Crippen molar-refractivity contribution in [2.75, 3.05) is 39.6 Å². The van der Waals surface area contributed by atoms with E-state index in [1.54, 1.807) is 0 Å². The van der Waals surface area contributed by atoms with Crippen LogP contribution in [0.25, 0.3) is 0 Å². The first-order valence-corrected chi connectivity index (χ1v) is 39.2. The number of aliphatic hydroxyl groups is 1. The van der Waals surface area contributed by atoms with Gasteiger partial charge < -0.3 is 33.8 Å². The van der Waals surface area contributed by atoms with Gasteiger partial charge in [0.2, 0.25) is 0 Å². The van der Waals surface area contributed by atoms with Crippen molar-refractivity contribution >= 4 is 39.5 Å². The van der Waals surface area contributed by atoms with Crippen molar-refractivity contribution in [3.05, 3.63) is 0 Å². The normalized spacial score (nSPS) is 14.3. The van der Waals surface area contributed by atoms with Crippen LogP contribution < -0.4 is 0 Å². The third-order valence-corrected chi connectivity index (χ3v) is 18.0. The second-order valence-corrected chi connectivity index (χ2v) is 30.1. The second kappa shape index (κ2) is 59.8. The quantitative estimate of drug-likeness (QED) is 0.0222. The molecule has 0 saturated carbocycles.